The van der Waals surface area contributed by atoms with Crippen LogP contribution in [0.15, 0.2) is 34.9 Å². The van der Waals surface area contributed by atoms with Crippen LogP contribution in [0.4, 0.5) is 11.4 Å². The highest BCUT2D eigenvalue weighted by molar-refractivity contribution is 9.10. The summed E-state index contributed by atoms with van der Waals surface area (Å²) in [7, 11) is 0. The molecule has 0 bridgehead atoms. The van der Waals surface area contributed by atoms with E-state index in [0.717, 1.165) is 40.8 Å². The normalized spacial score (nSPS) is 14.3. The predicted octanol–water partition coefficient (Wildman–Crippen LogP) is 4.01. The number of aromatic nitrogens is 1. The number of amides is 1. The number of benzene rings is 1. The van der Waals surface area contributed by atoms with Crippen molar-refractivity contribution in [2.45, 2.75) is 32.7 Å². The van der Waals surface area contributed by atoms with E-state index in [4.69, 9.17) is 5.73 Å². The molecule has 2 aromatic rings. The molecule has 0 spiro atoms. The Morgan fingerprint density at radius 3 is 2.86 bits per heavy atom. The van der Waals surface area contributed by atoms with Gasteiger partial charge in [0.05, 0.1) is 0 Å². The lowest BCUT2D eigenvalue weighted by atomic mass is 9.99. The second-order valence-electron chi connectivity index (χ2n) is 5.95. The molecule has 4 nitrogen and oxygen atoms in total. The van der Waals surface area contributed by atoms with Crippen molar-refractivity contribution in [3.8, 4) is 0 Å². The zero-order valence-corrected chi connectivity index (χ0v) is 14.4. The minimum absolute atomic E-state index is 0.0333. The molecule has 3 rings (SSSR count). The molecular weight excluding hydrogens is 342 g/mol. The van der Waals surface area contributed by atoms with Gasteiger partial charge in [-0.2, -0.15) is 0 Å². The average Bonchev–Trinajstić information content (AvgIpc) is 2.89. The van der Waals surface area contributed by atoms with Crippen molar-refractivity contribution in [1.29, 1.82) is 0 Å². The van der Waals surface area contributed by atoms with E-state index in [2.05, 4.69) is 29.8 Å². The second kappa shape index (κ2) is 5.80. The molecule has 1 aliphatic rings. The minimum Gasteiger partial charge on any atom is -0.398 e. The average molecular weight is 362 g/mol. The van der Waals surface area contributed by atoms with Crippen LogP contribution in [-0.4, -0.2) is 17.0 Å². The summed E-state index contributed by atoms with van der Waals surface area (Å²) < 4.78 is 2.93. The molecular formula is C17H20BrN3O. The third-order valence-corrected chi connectivity index (χ3v) is 4.56. The number of nitrogens with two attached hydrogens (primary N) is 1. The number of nitrogen functional groups attached to an aromatic ring is 1. The lowest BCUT2D eigenvalue weighted by Crippen LogP contribution is -2.37. The second-order valence-corrected chi connectivity index (χ2v) is 6.87. The summed E-state index contributed by atoms with van der Waals surface area (Å²) in [6.45, 7) is 4.88. The third kappa shape index (κ3) is 2.54. The maximum atomic E-state index is 13.1. The predicted molar refractivity (Wildman–Crippen MR) is 93.4 cm³/mol. The van der Waals surface area contributed by atoms with E-state index >= 15 is 0 Å². The van der Waals surface area contributed by atoms with Gasteiger partial charge in [0.1, 0.15) is 5.69 Å². The number of fused-ring (bicyclic) bond motifs is 1. The van der Waals surface area contributed by atoms with Crippen LogP contribution in [0.5, 0.6) is 0 Å². The Labute approximate surface area is 139 Å². The molecule has 0 radical (unpaired) electrons. The molecule has 116 valence electrons. The molecule has 0 saturated carbocycles. The van der Waals surface area contributed by atoms with Crippen LogP contribution >= 0.6 is 15.9 Å². The van der Waals surface area contributed by atoms with Gasteiger partial charge < -0.3 is 15.2 Å². The standard InChI is InChI=1S/C17H20BrN3O/c1-11(2)21-10-12(18)9-16(21)17(22)20-8-4-5-13-14(19)6-3-7-15(13)20/h3,6-7,9-11H,4-5,8,19H2,1-2H3. The first-order valence-corrected chi connectivity index (χ1v) is 8.35. The molecule has 22 heavy (non-hydrogen) atoms. The van der Waals surface area contributed by atoms with Gasteiger partial charge in [-0.1, -0.05) is 6.07 Å². The van der Waals surface area contributed by atoms with Gasteiger partial charge >= 0.3 is 0 Å². The molecule has 0 aliphatic carbocycles. The Bertz CT molecular complexity index is 721. The number of carbonyl (C=O) groups excluding carboxylic acids is 1. The number of hydrogen-bond donors (Lipinski definition) is 1. The number of halogens is 1. The van der Waals surface area contributed by atoms with Gasteiger partial charge in [0, 0.05) is 34.6 Å². The fraction of sp³-hybridized carbons (Fsp3) is 0.353. The van der Waals surface area contributed by atoms with Gasteiger partial charge in [-0.25, -0.2) is 0 Å². The number of rotatable bonds is 2. The Morgan fingerprint density at radius 2 is 2.14 bits per heavy atom. The highest BCUT2D eigenvalue weighted by atomic mass is 79.9. The minimum atomic E-state index is 0.0333. The van der Waals surface area contributed by atoms with Gasteiger partial charge in [0.15, 0.2) is 0 Å². The van der Waals surface area contributed by atoms with E-state index in [0.29, 0.717) is 5.69 Å². The van der Waals surface area contributed by atoms with Gasteiger partial charge in [0.25, 0.3) is 5.91 Å². The number of nitrogens with zero attached hydrogens (tertiary/aromatic N) is 2. The van der Waals surface area contributed by atoms with Crippen LogP contribution in [0, 0.1) is 0 Å². The molecule has 2 N–H and O–H groups in total. The van der Waals surface area contributed by atoms with Crippen LogP contribution < -0.4 is 10.6 Å². The van der Waals surface area contributed by atoms with Crippen molar-refractivity contribution in [2.75, 3.05) is 17.2 Å². The topological polar surface area (TPSA) is 51.3 Å². The number of hydrogen-bond acceptors (Lipinski definition) is 2. The van der Waals surface area contributed by atoms with Gasteiger partial charge in [-0.15, -0.1) is 0 Å². The highest BCUT2D eigenvalue weighted by Gasteiger charge is 2.27. The van der Waals surface area contributed by atoms with Gasteiger partial charge in [-0.05, 0) is 66.4 Å². The van der Waals surface area contributed by atoms with Crippen molar-refractivity contribution < 1.29 is 4.79 Å². The maximum absolute atomic E-state index is 13.1. The van der Waals surface area contributed by atoms with Crippen LogP contribution in [0.25, 0.3) is 0 Å². The van der Waals surface area contributed by atoms with Gasteiger partial charge in [-0.3, -0.25) is 4.79 Å². The van der Waals surface area contributed by atoms with Crippen molar-refractivity contribution in [1.82, 2.24) is 4.57 Å². The number of anilines is 2. The fourth-order valence-corrected chi connectivity index (χ4v) is 3.48. The number of carbonyl (C=O) groups is 1. The largest absolute Gasteiger partial charge is 0.398 e. The molecule has 1 amide bonds. The third-order valence-electron chi connectivity index (χ3n) is 4.12. The summed E-state index contributed by atoms with van der Waals surface area (Å²) in [6.07, 6.45) is 3.83. The first kappa shape index (κ1) is 15.2. The highest BCUT2D eigenvalue weighted by Crippen LogP contribution is 2.33. The fourth-order valence-electron chi connectivity index (χ4n) is 3.05. The maximum Gasteiger partial charge on any atom is 0.274 e. The van der Waals surface area contributed by atoms with Crippen LogP contribution in [0.1, 0.15) is 42.4 Å². The van der Waals surface area contributed by atoms with Crippen molar-refractivity contribution in [2.24, 2.45) is 0 Å². The lowest BCUT2D eigenvalue weighted by molar-refractivity contribution is 0.0975. The molecule has 5 heteroatoms. The summed E-state index contributed by atoms with van der Waals surface area (Å²) in [6, 6.07) is 7.93. The SMILES string of the molecule is CC(C)n1cc(Br)cc1C(=O)N1CCCc2c(N)cccc21. The first-order chi connectivity index (χ1) is 10.5. The molecule has 0 unspecified atom stereocenters. The first-order valence-electron chi connectivity index (χ1n) is 7.55. The molecule has 0 saturated heterocycles. The molecule has 1 aromatic carbocycles. The Kier molecular flexibility index (Phi) is 4.00. The van der Waals surface area contributed by atoms with E-state index in [1.807, 2.05) is 39.9 Å². The van der Waals surface area contributed by atoms with E-state index in [1.165, 1.54) is 0 Å². The summed E-state index contributed by atoms with van der Waals surface area (Å²) in [5, 5.41) is 0. The lowest BCUT2D eigenvalue weighted by Gasteiger charge is -2.30. The zero-order valence-electron chi connectivity index (χ0n) is 12.8. The quantitative estimate of drug-likeness (QED) is 0.821. The Balaban J connectivity index is 2.03. The molecule has 0 atom stereocenters. The summed E-state index contributed by atoms with van der Waals surface area (Å²) >= 11 is 3.48. The van der Waals surface area contributed by atoms with E-state index < -0.39 is 0 Å². The Hall–Kier alpha value is -1.75. The van der Waals surface area contributed by atoms with Crippen LogP contribution in [-0.2, 0) is 6.42 Å². The molecule has 1 aliphatic heterocycles. The van der Waals surface area contributed by atoms with Gasteiger partial charge in [0.2, 0.25) is 0 Å². The van der Waals surface area contributed by atoms with Crippen molar-refractivity contribution in [3.05, 3.63) is 46.2 Å². The monoisotopic (exact) mass is 361 g/mol. The van der Waals surface area contributed by atoms with Crippen molar-refractivity contribution >= 4 is 33.2 Å². The Morgan fingerprint density at radius 1 is 1.36 bits per heavy atom. The van der Waals surface area contributed by atoms with Crippen molar-refractivity contribution in [3.63, 3.8) is 0 Å². The summed E-state index contributed by atoms with van der Waals surface area (Å²) in [4.78, 5) is 14.9. The van der Waals surface area contributed by atoms with Crippen LogP contribution in [0.2, 0.25) is 0 Å². The van der Waals surface area contributed by atoms with E-state index in [1.54, 1.807) is 0 Å². The summed E-state index contributed by atoms with van der Waals surface area (Å²) in [5.41, 5.74) is 9.59. The molecule has 0 fully saturated rings. The molecule has 1 aromatic heterocycles. The molecule has 2 heterocycles. The zero-order chi connectivity index (χ0) is 15.9. The van der Waals surface area contributed by atoms with E-state index in [9.17, 15) is 4.79 Å². The summed E-state index contributed by atoms with van der Waals surface area (Å²) in [5.74, 6) is 0.0333. The van der Waals surface area contributed by atoms with E-state index in [-0.39, 0.29) is 11.9 Å². The smallest absolute Gasteiger partial charge is 0.274 e. The van der Waals surface area contributed by atoms with Crippen LogP contribution in [0.3, 0.4) is 0 Å².